The van der Waals surface area contributed by atoms with Gasteiger partial charge < -0.3 is 14.6 Å². The number of esters is 1. The molecule has 2 rings (SSSR count). The second kappa shape index (κ2) is 6.93. The molecule has 1 amide bonds. The fourth-order valence-corrected chi connectivity index (χ4v) is 2.34. The van der Waals surface area contributed by atoms with Crippen molar-refractivity contribution in [2.45, 2.75) is 12.8 Å². The maximum atomic E-state index is 12.4. The number of benzene rings is 1. The molecule has 1 atom stereocenters. The average molecular weight is 300 g/mol. The van der Waals surface area contributed by atoms with Gasteiger partial charge in [0, 0.05) is 13.6 Å². The van der Waals surface area contributed by atoms with Gasteiger partial charge in [0.25, 0.3) is 5.91 Å². The number of nitrogens with one attached hydrogen (secondary N) is 1. The van der Waals surface area contributed by atoms with Gasteiger partial charge in [0.15, 0.2) is 0 Å². The number of ether oxygens (including phenoxy) is 1. The summed E-state index contributed by atoms with van der Waals surface area (Å²) in [6.45, 7) is 2.67. The molecular formula is C17H20N2O3. The van der Waals surface area contributed by atoms with Crippen molar-refractivity contribution in [3.63, 3.8) is 0 Å². The highest BCUT2D eigenvalue weighted by Crippen LogP contribution is 2.16. The molecule has 0 fully saturated rings. The van der Waals surface area contributed by atoms with Gasteiger partial charge in [-0.1, -0.05) is 37.3 Å². The van der Waals surface area contributed by atoms with Gasteiger partial charge in [-0.25, -0.2) is 4.79 Å². The minimum atomic E-state index is -0.487. The van der Waals surface area contributed by atoms with Crippen LogP contribution in [-0.2, 0) is 4.74 Å². The van der Waals surface area contributed by atoms with Gasteiger partial charge in [0.1, 0.15) is 11.4 Å². The second-order valence-corrected chi connectivity index (χ2v) is 5.27. The second-order valence-electron chi connectivity index (χ2n) is 5.27. The summed E-state index contributed by atoms with van der Waals surface area (Å²) < 4.78 is 4.62. The number of hydrogen-bond donors (Lipinski definition) is 1. The predicted molar refractivity (Wildman–Crippen MR) is 83.9 cm³/mol. The standard InChI is InChI=1S/C17H20N2O3/c1-12(13-7-5-4-6-8-13)11-19(2)16(20)14-9-10-15(18-14)17(21)22-3/h4-10,12,18H,11H2,1-3H3/t12-/m1/s1. The Morgan fingerprint density at radius 2 is 1.77 bits per heavy atom. The van der Waals surface area contributed by atoms with Gasteiger partial charge in [-0.05, 0) is 23.6 Å². The van der Waals surface area contributed by atoms with Gasteiger partial charge in [-0.3, -0.25) is 4.79 Å². The zero-order valence-electron chi connectivity index (χ0n) is 13.0. The van der Waals surface area contributed by atoms with E-state index in [9.17, 15) is 9.59 Å². The first-order chi connectivity index (χ1) is 10.5. The molecule has 1 aromatic heterocycles. The Bertz CT molecular complexity index is 649. The summed E-state index contributed by atoms with van der Waals surface area (Å²) in [6.07, 6.45) is 0. The topological polar surface area (TPSA) is 62.4 Å². The smallest absolute Gasteiger partial charge is 0.354 e. The van der Waals surface area contributed by atoms with Crippen molar-refractivity contribution < 1.29 is 14.3 Å². The van der Waals surface area contributed by atoms with Crippen LogP contribution >= 0.6 is 0 Å². The quantitative estimate of drug-likeness (QED) is 0.864. The number of aromatic amines is 1. The molecule has 0 radical (unpaired) electrons. The maximum Gasteiger partial charge on any atom is 0.354 e. The number of hydrogen-bond acceptors (Lipinski definition) is 3. The summed E-state index contributed by atoms with van der Waals surface area (Å²) in [5.41, 5.74) is 1.84. The number of methoxy groups -OCH3 is 1. The molecule has 5 nitrogen and oxygen atoms in total. The Balaban J connectivity index is 2.03. The monoisotopic (exact) mass is 300 g/mol. The molecule has 0 aliphatic heterocycles. The Kier molecular flexibility index (Phi) is 4.99. The summed E-state index contributed by atoms with van der Waals surface area (Å²) in [5.74, 6) is -0.414. The zero-order valence-corrected chi connectivity index (χ0v) is 13.0. The van der Waals surface area contributed by atoms with Crippen LogP contribution in [0.1, 0.15) is 39.4 Å². The summed E-state index contributed by atoms with van der Waals surface area (Å²) in [4.78, 5) is 28.2. The number of H-pyrrole nitrogens is 1. The number of carbonyl (C=O) groups is 2. The van der Waals surface area contributed by atoms with E-state index < -0.39 is 5.97 Å². The van der Waals surface area contributed by atoms with Crippen molar-refractivity contribution in [3.8, 4) is 0 Å². The summed E-state index contributed by atoms with van der Waals surface area (Å²) in [5, 5.41) is 0. The van der Waals surface area contributed by atoms with Crippen LogP contribution in [0.25, 0.3) is 0 Å². The molecule has 116 valence electrons. The van der Waals surface area contributed by atoms with Crippen LogP contribution in [0.15, 0.2) is 42.5 Å². The highest BCUT2D eigenvalue weighted by atomic mass is 16.5. The molecule has 0 spiro atoms. The van der Waals surface area contributed by atoms with Crippen molar-refractivity contribution in [1.82, 2.24) is 9.88 Å². The molecule has 0 aliphatic rings. The molecule has 0 unspecified atom stereocenters. The number of rotatable bonds is 5. The van der Waals surface area contributed by atoms with E-state index in [-0.39, 0.29) is 17.5 Å². The van der Waals surface area contributed by atoms with Crippen LogP contribution in [0.5, 0.6) is 0 Å². The predicted octanol–water partition coefficient (Wildman–Crippen LogP) is 2.68. The third-order valence-corrected chi connectivity index (χ3v) is 3.58. The lowest BCUT2D eigenvalue weighted by Gasteiger charge is -2.21. The fourth-order valence-electron chi connectivity index (χ4n) is 2.34. The third kappa shape index (κ3) is 3.55. The largest absolute Gasteiger partial charge is 0.464 e. The highest BCUT2D eigenvalue weighted by Gasteiger charge is 2.18. The van der Waals surface area contributed by atoms with E-state index in [0.29, 0.717) is 12.2 Å². The van der Waals surface area contributed by atoms with E-state index in [1.54, 1.807) is 24.1 Å². The van der Waals surface area contributed by atoms with Crippen molar-refractivity contribution >= 4 is 11.9 Å². The first kappa shape index (κ1) is 15.8. The first-order valence-electron chi connectivity index (χ1n) is 7.10. The minimum absolute atomic E-state index is 0.155. The first-order valence-corrected chi connectivity index (χ1v) is 7.10. The van der Waals surface area contributed by atoms with Crippen LogP contribution < -0.4 is 0 Å². The van der Waals surface area contributed by atoms with Crippen molar-refractivity contribution in [3.05, 3.63) is 59.4 Å². The molecule has 22 heavy (non-hydrogen) atoms. The van der Waals surface area contributed by atoms with Crippen LogP contribution in [-0.4, -0.2) is 42.5 Å². The Morgan fingerprint density at radius 1 is 1.14 bits per heavy atom. The summed E-state index contributed by atoms with van der Waals surface area (Å²) in [7, 11) is 3.05. The van der Waals surface area contributed by atoms with Crippen LogP contribution in [0, 0.1) is 0 Å². The van der Waals surface area contributed by atoms with E-state index in [2.05, 4.69) is 16.6 Å². The number of likely N-dealkylation sites (N-methyl/N-ethyl adjacent to an activating group) is 1. The van der Waals surface area contributed by atoms with E-state index >= 15 is 0 Å². The molecule has 5 heteroatoms. The number of carbonyl (C=O) groups excluding carboxylic acids is 2. The van der Waals surface area contributed by atoms with Gasteiger partial charge in [0.2, 0.25) is 0 Å². The minimum Gasteiger partial charge on any atom is -0.464 e. The van der Waals surface area contributed by atoms with E-state index in [4.69, 9.17) is 0 Å². The fraction of sp³-hybridized carbons (Fsp3) is 0.294. The third-order valence-electron chi connectivity index (χ3n) is 3.58. The van der Waals surface area contributed by atoms with Crippen molar-refractivity contribution in [1.29, 1.82) is 0 Å². The molecule has 0 bridgehead atoms. The average Bonchev–Trinajstić information content (AvgIpc) is 3.04. The number of aromatic nitrogens is 1. The Morgan fingerprint density at radius 3 is 2.41 bits per heavy atom. The molecule has 0 saturated carbocycles. The van der Waals surface area contributed by atoms with Gasteiger partial charge in [-0.2, -0.15) is 0 Å². The normalized spacial score (nSPS) is 11.8. The van der Waals surface area contributed by atoms with Crippen LogP contribution in [0.2, 0.25) is 0 Å². The Hall–Kier alpha value is -2.56. The molecule has 0 aliphatic carbocycles. The van der Waals surface area contributed by atoms with E-state index in [1.165, 1.54) is 12.7 Å². The summed E-state index contributed by atoms with van der Waals surface area (Å²) in [6, 6.07) is 13.2. The number of amides is 1. The molecule has 1 N–H and O–H groups in total. The lowest BCUT2D eigenvalue weighted by atomic mass is 10.0. The maximum absolute atomic E-state index is 12.4. The van der Waals surface area contributed by atoms with Gasteiger partial charge in [0.05, 0.1) is 7.11 Å². The van der Waals surface area contributed by atoms with E-state index in [0.717, 1.165) is 0 Å². The Labute approximate surface area is 129 Å². The molecule has 0 saturated heterocycles. The lowest BCUT2D eigenvalue weighted by Crippen LogP contribution is -2.30. The lowest BCUT2D eigenvalue weighted by molar-refractivity contribution is 0.0594. The highest BCUT2D eigenvalue weighted by molar-refractivity contribution is 5.95. The van der Waals surface area contributed by atoms with Crippen molar-refractivity contribution in [2.24, 2.45) is 0 Å². The van der Waals surface area contributed by atoms with Crippen LogP contribution in [0.4, 0.5) is 0 Å². The van der Waals surface area contributed by atoms with Gasteiger partial charge in [-0.15, -0.1) is 0 Å². The zero-order chi connectivity index (χ0) is 16.1. The molecule has 1 aromatic carbocycles. The summed E-state index contributed by atoms with van der Waals surface area (Å²) >= 11 is 0. The van der Waals surface area contributed by atoms with Crippen molar-refractivity contribution in [2.75, 3.05) is 20.7 Å². The van der Waals surface area contributed by atoms with E-state index in [1.807, 2.05) is 30.3 Å². The number of nitrogens with zero attached hydrogens (tertiary/aromatic N) is 1. The molecule has 1 heterocycles. The molecule has 2 aromatic rings. The SMILES string of the molecule is COC(=O)c1ccc(C(=O)N(C)C[C@@H](C)c2ccccc2)[nH]1. The van der Waals surface area contributed by atoms with Gasteiger partial charge >= 0.3 is 5.97 Å². The van der Waals surface area contributed by atoms with Crippen LogP contribution in [0.3, 0.4) is 0 Å². The molecular weight excluding hydrogens is 280 g/mol.